The maximum absolute atomic E-state index is 12.1. The number of aromatic nitrogens is 1. The van der Waals surface area contributed by atoms with Crippen molar-refractivity contribution in [2.75, 3.05) is 26.4 Å². The summed E-state index contributed by atoms with van der Waals surface area (Å²) in [4.78, 5) is 16.6. The zero-order valence-electron chi connectivity index (χ0n) is 13.0. The predicted molar refractivity (Wildman–Crippen MR) is 85.1 cm³/mol. The zero-order chi connectivity index (χ0) is 16.1. The van der Waals surface area contributed by atoms with Crippen molar-refractivity contribution >= 4 is 5.97 Å². The summed E-state index contributed by atoms with van der Waals surface area (Å²) in [6.07, 6.45) is -0.192. The van der Waals surface area contributed by atoms with E-state index < -0.39 is 5.97 Å². The molecule has 1 saturated heterocycles. The number of nitrogens with zero attached hydrogens (tertiary/aromatic N) is 1. The maximum atomic E-state index is 12.1. The van der Waals surface area contributed by atoms with E-state index in [1.54, 1.807) is 13.0 Å². The molecule has 1 atom stereocenters. The van der Waals surface area contributed by atoms with Crippen LogP contribution in [0.2, 0.25) is 0 Å². The van der Waals surface area contributed by atoms with Crippen LogP contribution in [0, 0.1) is 0 Å². The monoisotopic (exact) mass is 313 g/mol. The van der Waals surface area contributed by atoms with Crippen LogP contribution >= 0.6 is 0 Å². The third-order valence-corrected chi connectivity index (χ3v) is 3.59. The van der Waals surface area contributed by atoms with Crippen LogP contribution in [-0.4, -0.2) is 37.4 Å². The smallest absolute Gasteiger partial charge is 0.356 e. The summed E-state index contributed by atoms with van der Waals surface area (Å²) in [5.41, 5.74) is 2.83. The fourth-order valence-corrected chi connectivity index (χ4v) is 2.48. The first-order valence-corrected chi connectivity index (χ1v) is 7.72. The minimum atomic E-state index is -0.428. The van der Waals surface area contributed by atoms with E-state index >= 15 is 0 Å². The van der Waals surface area contributed by atoms with E-state index in [-0.39, 0.29) is 11.8 Å². The second-order valence-electron chi connectivity index (χ2n) is 5.19. The number of benzene rings is 1. The van der Waals surface area contributed by atoms with Gasteiger partial charge in [-0.25, -0.2) is 9.78 Å². The Hall–Kier alpha value is -2.24. The minimum Gasteiger partial charge on any atom is -0.461 e. The van der Waals surface area contributed by atoms with Crippen LogP contribution in [0.5, 0.6) is 0 Å². The Balaban J connectivity index is 2.01. The van der Waals surface area contributed by atoms with Gasteiger partial charge in [0.05, 0.1) is 32.1 Å². The molecule has 0 saturated carbocycles. The van der Waals surface area contributed by atoms with E-state index in [9.17, 15) is 4.79 Å². The van der Waals surface area contributed by atoms with Gasteiger partial charge in [-0.3, -0.25) is 0 Å². The molecule has 1 aromatic carbocycles. The van der Waals surface area contributed by atoms with Crippen molar-refractivity contribution in [1.29, 1.82) is 0 Å². The van der Waals surface area contributed by atoms with Gasteiger partial charge < -0.3 is 14.2 Å². The molecule has 0 spiro atoms. The molecule has 2 aromatic rings. The molecule has 1 aromatic heterocycles. The fourth-order valence-electron chi connectivity index (χ4n) is 2.48. The quantitative estimate of drug-likeness (QED) is 0.812. The lowest BCUT2D eigenvalue weighted by atomic mass is 10.0. The van der Waals surface area contributed by atoms with Crippen molar-refractivity contribution in [2.24, 2.45) is 0 Å². The molecule has 1 aliphatic rings. The largest absolute Gasteiger partial charge is 0.461 e. The van der Waals surface area contributed by atoms with Gasteiger partial charge >= 0.3 is 5.97 Å². The summed E-state index contributed by atoms with van der Waals surface area (Å²) in [7, 11) is 0. The standard InChI is InChI=1S/C18H19NO4/c1-2-22-18(20)16-11-14(17-12-21-8-9-23-17)10-15(19-16)13-6-4-3-5-7-13/h3-7,10-11,17H,2,8-9,12H2,1H3. The Labute approximate surface area is 135 Å². The molecule has 23 heavy (non-hydrogen) atoms. The number of ether oxygens (including phenoxy) is 3. The Morgan fingerprint density at radius 2 is 2.09 bits per heavy atom. The lowest BCUT2D eigenvalue weighted by Crippen LogP contribution is -2.22. The van der Waals surface area contributed by atoms with Crippen molar-refractivity contribution in [3.05, 3.63) is 53.7 Å². The van der Waals surface area contributed by atoms with Gasteiger partial charge in [0, 0.05) is 5.56 Å². The molecule has 0 radical (unpaired) electrons. The molecule has 2 heterocycles. The minimum absolute atomic E-state index is 0.192. The van der Waals surface area contributed by atoms with Crippen LogP contribution in [0.3, 0.4) is 0 Å². The summed E-state index contributed by atoms with van der Waals surface area (Å²) in [6.45, 7) is 3.70. The summed E-state index contributed by atoms with van der Waals surface area (Å²) in [5, 5.41) is 0. The van der Waals surface area contributed by atoms with Gasteiger partial charge in [0.2, 0.25) is 0 Å². The Bertz CT molecular complexity index is 666. The van der Waals surface area contributed by atoms with Gasteiger partial charge in [-0.1, -0.05) is 30.3 Å². The summed E-state index contributed by atoms with van der Waals surface area (Å²) in [5.74, 6) is -0.428. The first-order chi connectivity index (χ1) is 11.3. The van der Waals surface area contributed by atoms with E-state index in [2.05, 4.69) is 4.98 Å². The Kier molecular flexibility index (Phi) is 5.00. The van der Waals surface area contributed by atoms with Crippen LogP contribution in [0.25, 0.3) is 11.3 Å². The van der Waals surface area contributed by atoms with Crippen LogP contribution in [0.4, 0.5) is 0 Å². The Morgan fingerprint density at radius 1 is 1.26 bits per heavy atom. The van der Waals surface area contributed by atoms with E-state index in [0.717, 1.165) is 16.8 Å². The van der Waals surface area contributed by atoms with Crippen LogP contribution < -0.4 is 0 Å². The van der Waals surface area contributed by atoms with Gasteiger partial charge in [0.25, 0.3) is 0 Å². The number of hydrogen-bond acceptors (Lipinski definition) is 5. The number of hydrogen-bond donors (Lipinski definition) is 0. The molecule has 1 fully saturated rings. The predicted octanol–water partition coefficient (Wildman–Crippen LogP) is 3.01. The molecular formula is C18H19NO4. The van der Waals surface area contributed by atoms with E-state index in [1.807, 2.05) is 36.4 Å². The average Bonchev–Trinajstić information content (AvgIpc) is 2.63. The molecule has 1 aliphatic heterocycles. The number of pyridine rings is 1. The van der Waals surface area contributed by atoms with Crippen molar-refractivity contribution in [1.82, 2.24) is 4.98 Å². The third kappa shape index (κ3) is 3.75. The summed E-state index contributed by atoms with van der Waals surface area (Å²) < 4.78 is 16.3. The van der Waals surface area contributed by atoms with Gasteiger partial charge in [-0.15, -0.1) is 0 Å². The first kappa shape index (κ1) is 15.6. The molecular weight excluding hydrogens is 294 g/mol. The van der Waals surface area contributed by atoms with E-state index in [0.29, 0.717) is 26.4 Å². The number of carbonyl (C=O) groups excluding carboxylic acids is 1. The summed E-state index contributed by atoms with van der Waals surface area (Å²) >= 11 is 0. The third-order valence-electron chi connectivity index (χ3n) is 3.59. The molecule has 0 amide bonds. The molecule has 0 aliphatic carbocycles. The highest BCUT2D eigenvalue weighted by atomic mass is 16.6. The van der Waals surface area contributed by atoms with Crippen molar-refractivity contribution in [3.8, 4) is 11.3 Å². The second-order valence-corrected chi connectivity index (χ2v) is 5.19. The number of carbonyl (C=O) groups is 1. The van der Waals surface area contributed by atoms with Crippen LogP contribution in [0.15, 0.2) is 42.5 Å². The van der Waals surface area contributed by atoms with Crippen LogP contribution in [-0.2, 0) is 14.2 Å². The highest BCUT2D eigenvalue weighted by Gasteiger charge is 2.21. The van der Waals surface area contributed by atoms with Crippen LogP contribution in [0.1, 0.15) is 29.1 Å². The van der Waals surface area contributed by atoms with Gasteiger partial charge in [0.1, 0.15) is 11.8 Å². The first-order valence-electron chi connectivity index (χ1n) is 7.72. The number of rotatable bonds is 4. The number of esters is 1. The summed E-state index contributed by atoms with van der Waals surface area (Å²) in [6, 6.07) is 13.4. The van der Waals surface area contributed by atoms with Crippen molar-refractivity contribution < 1.29 is 19.0 Å². The highest BCUT2D eigenvalue weighted by Crippen LogP contribution is 2.26. The molecule has 3 rings (SSSR count). The molecule has 5 heteroatoms. The molecule has 0 bridgehead atoms. The van der Waals surface area contributed by atoms with Gasteiger partial charge in [0.15, 0.2) is 0 Å². The highest BCUT2D eigenvalue weighted by molar-refractivity contribution is 5.88. The molecule has 120 valence electrons. The van der Waals surface area contributed by atoms with Crippen molar-refractivity contribution in [3.63, 3.8) is 0 Å². The zero-order valence-corrected chi connectivity index (χ0v) is 13.0. The lowest BCUT2D eigenvalue weighted by molar-refractivity contribution is -0.0901. The molecule has 1 unspecified atom stereocenters. The van der Waals surface area contributed by atoms with Crippen molar-refractivity contribution in [2.45, 2.75) is 13.0 Å². The molecule has 5 nitrogen and oxygen atoms in total. The lowest BCUT2D eigenvalue weighted by Gasteiger charge is -2.24. The molecule has 0 N–H and O–H groups in total. The van der Waals surface area contributed by atoms with E-state index in [4.69, 9.17) is 14.2 Å². The maximum Gasteiger partial charge on any atom is 0.356 e. The Morgan fingerprint density at radius 3 is 2.78 bits per heavy atom. The SMILES string of the molecule is CCOC(=O)c1cc(C2COCCO2)cc(-c2ccccc2)n1. The second kappa shape index (κ2) is 7.35. The van der Waals surface area contributed by atoms with Gasteiger partial charge in [-0.05, 0) is 24.6 Å². The topological polar surface area (TPSA) is 57.7 Å². The average molecular weight is 313 g/mol. The van der Waals surface area contributed by atoms with Gasteiger partial charge in [-0.2, -0.15) is 0 Å². The normalized spacial score (nSPS) is 17.7. The van der Waals surface area contributed by atoms with E-state index in [1.165, 1.54) is 0 Å². The fraction of sp³-hybridized carbons (Fsp3) is 0.333.